The lowest BCUT2D eigenvalue weighted by atomic mass is 10.2. The van der Waals surface area contributed by atoms with Gasteiger partial charge in [-0.3, -0.25) is 0 Å². The van der Waals surface area contributed by atoms with Gasteiger partial charge in [0.15, 0.2) is 0 Å². The van der Waals surface area contributed by atoms with Crippen LogP contribution in [0.2, 0.25) is 0 Å². The molecule has 0 saturated carbocycles. The van der Waals surface area contributed by atoms with E-state index >= 15 is 0 Å². The summed E-state index contributed by atoms with van der Waals surface area (Å²) in [6.45, 7) is 7.72. The van der Waals surface area contributed by atoms with E-state index in [2.05, 4.69) is 13.8 Å². The molecule has 0 aromatic rings. The first-order chi connectivity index (χ1) is 6.54. The highest BCUT2D eigenvalue weighted by molar-refractivity contribution is 4.64. The first-order valence-electron chi connectivity index (χ1n) is 5.27. The zero-order valence-corrected chi connectivity index (χ0v) is 9.46. The second-order valence-electron chi connectivity index (χ2n) is 4.10. The molecular weight excluding hydrogens is 184 g/mol. The van der Waals surface area contributed by atoms with E-state index in [1.54, 1.807) is 0 Å². The van der Waals surface area contributed by atoms with Gasteiger partial charge in [-0.05, 0) is 13.8 Å². The minimum absolute atomic E-state index is 0.745. The zero-order chi connectivity index (χ0) is 10.7. The highest BCUT2D eigenvalue weighted by Crippen LogP contribution is 2.33. The summed E-state index contributed by atoms with van der Waals surface area (Å²) in [5.74, 6) is -1.52. The van der Waals surface area contributed by atoms with Gasteiger partial charge in [-0.2, -0.15) is 19.6 Å². The number of hydrogen-bond donors (Lipinski definition) is 0. The summed E-state index contributed by atoms with van der Waals surface area (Å²) >= 11 is 0. The Bertz CT molecular complexity index is 153. The summed E-state index contributed by atoms with van der Waals surface area (Å²) in [5, 5.41) is 0. The largest absolute Gasteiger partial charge is 0.231 e. The third-order valence-corrected chi connectivity index (χ3v) is 2.20. The summed E-state index contributed by atoms with van der Waals surface area (Å²) < 4.78 is 0. The highest BCUT2D eigenvalue weighted by Gasteiger charge is 2.42. The second-order valence-corrected chi connectivity index (χ2v) is 4.10. The molecule has 0 spiro atoms. The molecule has 0 amide bonds. The van der Waals surface area contributed by atoms with Gasteiger partial charge < -0.3 is 0 Å². The molecule has 4 heteroatoms. The molecule has 0 unspecified atom stereocenters. The molecule has 0 aliphatic carbocycles. The maximum absolute atomic E-state index is 5.23. The minimum Gasteiger partial charge on any atom is -0.195 e. The molecule has 1 aliphatic rings. The average molecular weight is 204 g/mol. The van der Waals surface area contributed by atoms with Gasteiger partial charge in [0.05, 0.1) is 0 Å². The van der Waals surface area contributed by atoms with Crippen molar-refractivity contribution < 1.29 is 19.6 Å². The molecule has 0 atom stereocenters. The van der Waals surface area contributed by atoms with Crippen LogP contribution in [0.25, 0.3) is 0 Å². The van der Waals surface area contributed by atoms with Gasteiger partial charge >= 0.3 is 0 Å². The van der Waals surface area contributed by atoms with Crippen LogP contribution < -0.4 is 0 Å². The molecule has 1 rings (SSSR count). The lowest BCUT2D eigenvalue weighted by Crippen LogP contribution is -2.47. The predicted molar refractivity (Wildman–Crippen MR) is 51.0 cm³/mol. The van der Waals surface area contributed by atoms with Crippen molar-refractivity contribution in [3.63, 3.8) is 0 Å². The normalized spacial score (nSPS) is 38.6. The van der Waals surface area contributed by atoms with Crippen LogP contribution in [0.3, 0.4) is 0 Å². The van der Waals surface area contributed by atoms with Gasteiger partial charge in [-0.1, -0.05) is 26.7 Å². The van der Waals surface area contributed by atoms with E-state index in [1.807, 2.05) is 13.8 Å². The van der Waals surface area contributed by atoms with E-state index < -0.39 is 11.6 Å². The van der Waals surface area contributed by atoms with E-state index in [0.717, 1.165) is 25.7 Å². The van der Waals surface area contributed by atoms with Crippen molar-refractivity contribution in [1.29, 1.82) is 0 Å². The third kappa shape index (κ3) is 2.92. The highest BCUT2D eigenvalue weighted by atomic mass is 17.4. The van der Waals surface area contributed by atoms with Gasteiger partial charge in [0.2, 0.25) is 11.6 Å². The van der Waals surface area contributed by atoms with Gasteiger partial charge in [0, 0.05) is 12.8 Å². The molecule has 1 fully saturated rings. The van der Waals surface area contributed by atoms with Gasteiger partial charge in [-0.25, -0.2) is 0 Å². The first kappa shape index (κ1) is 11.9. The lowest BCUT2D eigenvalue weighted by Gasteiger charge is -2.39. The van der Waals surface area contributed by atoms with Crippen LogP contribution in [0.4, 0.5) is 0 Å². The SMILES string of the molecule is CCCC1(C)OOC(C)(CCC)OO1. The molecular formula is C10H20O4. The molecule has 0 N–H and O–H groups in total. The molecule has 1 aliphatic heterocycles. The fourth-order valence-electron chi connectivity index (χ4n) is 1.46. The van der Waals surface area contributed by atoms with Gasteiger partial charge in [-0.15, -0.1) is 0 Å². The van der Waals surface area contributed by atoms with Crippen molar-refractivity contribution in [2.45, 2.75) is 65.0 Å². The Morgan fingerprint density at radius 3 is 1.21 bits per heavy atom. The molecule has 84 valence electrons. The predicted octanol–water partition coefficient (Wildman–Crippen LogP) is 2.93. The minimum atomic E-state index is -0.762. The van der Waals surface area contributed by atoms with Gasteiger partial charge in [0.1, 0.15) is 0 Å². The van der Waals surface area contributed by atoms with Crippen LogP contribution in [-0.2, 0) is 19.6 Å². The maximum atomic E-state index is 5.23. The summed E-state index contributed by atoms with van der Waals surface area (Å²) in [6, 6.07) is 0. The van der Waals surface area contributed by atoms with Crippen LogP contribution in [0, 0.1) is 0 Å². The van der Waals surface area contributed by atoms with Gasteiger partial charge in [0.25, 0.3) is 0 Å². The third-order valence-electron chi connectivity index (χ3n) is 2.20. The smallest absolute Gasteiger partial charge is 0.195 e. The standard InChI is InChI=1S/C10H20O4/c1-5-7-9(3)11-13-10(4,8-6-2)14-12-9/h5-8H2,1-4H3. The van der Waals surface area contributed by atoms with Crippen molar-refractivity contribution in [3.8, 4) is 0 Å². The van der Waals surface area contributed by atoms with E-state index in [9.17, 15) is 0 Å². The fraction of sp³-hybridized carbons (Fsp3) is 1.00. The average Bonchev–Trinajstić information content (AvgIpc) is 2.13. The zero-order valence-electron chi connectivity index (χ0n) is 9.46. The van der Waals surface area contributed by atoms with Crippen LogP contribution in [0.1, 0.15) is 53.4 Å². The Kier molecular flexibility index (Phi) is 3.89. The molecule has 0 bridgehead atoms. The second kappa shape index (κ2) is 4.57. The van der Waals surface area contributed by atoms with Crippen LogP contribution >= 0.6 is 0 Å². The summed E-state index contributed by atoms with van der Waals surface area (Å²) in [7, 11) is 0. The summed E-state index contributed by atoms with van der Waals surface area (Å²) in [5.41, 5.74) is 0. The van der Waals surface area contributed by atoms with E-state index in [-0.39, 0.29) is 0 Å². The van der Waals surface area contributed by atoms with Crippen molar-refractivity contribution in [2.24, 2.45) is 0 Å². The molecule has 1 saturated heterocycles. The molecule has 4 nitrogen and oxygen atoms in total. The Balaban J connectivity index is 2.44. The Hall–Kier alpha value is -0.160. The Morgan fingerprint density at radius 2 is 1.00 bits per heavy atom. The maximum Gasteiger partial charge on any atom is 0.231 e. The molecule has 0 aromatic heterocycles. The molecule has 0 radical (unpaired) electrons. The Morgan fingerprint density at radius 1 is 0.714 bits per heavy atom. The van der Waals surface area contributed by atoms with Crippen molar-refractivity contribution in [2.75, 3.05) is 0 Å². The molecule has 0 aromatic carbocycles. The fourth-order valence-corrected chi connectivity index (χ4v) is 1.46. The van der Waals surface area contributed by atoms with E-state index in [0.29, 0.717) is 0 Å². The van der Waals surface area contributed by atoms with Crippen molar-refractivity contribution in [1.82, 2.24) is 0 Å². The van der Waals surface area contributed by atoms with Crippen molar-refractivity contribution in [3.05, 3.63) is 0 Å². The molecule has 14 heavy (non-hydrogen) atoms. The van der Waals surface area contributed by atoms with Crippen LogP contribution in [0.15, 0.2) is 0 Å². The topological polar surface area (TPSA) is 36.9 Å². The van der Waals surface area contributed by atoms with Crippen LogP contribution in [0.5, 0.6) is 0 Å². The Labute approximate surface area is 85.3 Å². The van der Waals surface area contributed by atoms with E-state index in [1.165, 1.54) is 0 Å². The quantitative estimate of drug-likeness (QED) is 0.660. The van der Waals surface area contributed by atoms with E-state index in [4.69, 9.17) is 19.6 Å². The number of hydrogen-bond acceptors (Lipinski definition) is 4. The van der Waals surface area contributed by atoms with Crippen molar-refractivity contribution >= 4 is 0 Å². The number of rotatable bonds is 4. The lowest BCUT2D eigenvalue weighted by molar-refractivity contribution is -0.652. The van der Waals surface area contributed by atoms with Crippen LogP contribution in [-0.4, -0.2) is 11.6 Å². The monoisotopic (exact) mass is 204 g/mol. The first-order valence-corrected chi connectivity index (χ1v) is 5.27. The molecule has 1 heterocycles. The summed E-state index contributed by atoms with van der Waals surface area (Å²) in [6.07, 6.45) is 3.39. The summed E-state index contributed by atoms with van der Waals surface area (Å²) in [4.78, 5) is 20.9.